The number of ether oxygens (including phenoxy) is 2. The summed E-state index contributed by atoms with van der Waals surface area (Å²) in [6, 6.07) is 19.2. The minimum absolute atomic E-state index is 0.0888. The fraction of sp³-hybridized carbons (Fsp3) is 0.214. The predicted molar refractivity (Wildman–Crippen MR) is 140 cm³/mol. The van der Waals surface area contributed by atoms with Crippen molar-refractivity contribution in [2.45, 2.75) is 18.2 Å². The van der Waals surface area contributed by atoms with Crippen LogP contribution in [-0.2, 0) is 11.2 Å². The summed E-state index contributed by atoms with van der Waals surface area (Å²) in [4.78, 5) is 29.0. The number of hydrogen-bond donors (Lipinski definition) is 1. The number of fused-ring (bicyclic) bond motifs is 1. The molecule has 35 heavy (non-hydrogen) atoms. The first-order valence-electron chi connectivity index (χ1n) is 11.3. The van der Waals surface area contributed by atoms with Crippen molar-refractivity contribution in [3.05, 3.63) is 87.8 Å². The second kappa shape index (κ2) is 10.7. The molecule has 1 aliphatic rings. The molecule has 3 aromatic rings. The lowest BCUT2D eigenvalue weighted by atomic mass is 10.1. The fourth-order valence-electron chi connectivity index (χ4n) is 3.81. The second-order valence-electron chi connectivity index (χ2n) is 8.26. The number of anilines is 1. The van der Waals surface area contributed by atoms with E-state index in [0.717, 1.165) is 21.7 Å². The lowest BCUT2D eigenvalue weighted by Crippen LogP contribution is -2.31. The van der Waals surface area contributed by atoms with Crippen LogP contribution >= 0.6 is 11.8 Å². The highest BCUT2D eigenvalue weighted by molar-refractivity contribution is 8.04. The van der Waals surface area contributed by atoms with E-state index in [1.54, 1.807) is 38.3 Å². The van der Waals surface area contributed by atoms with Gasteiger partial charge in [-0.25, -0.2) is 0 Å². The number of carbonyl (C=O) groups excluding carboxylic acids is 2. The molecule has 1 N–H and O–H groups in total. The summed E-state index contributed by atoms with van der Waals surface area (Å²) in [6.45, 7) is 2.50. The van der Waals surface area contributed by atoms with E-state index in [1.807, 2.05) is 61.5 Å². The summed E-state index contributed by atoms with van der Waals surface area (Å²) >= 11 is 1.43. The van der Waals surface area contributed by atoms with Crippen LogP contribution in [0, 0.1) is 6.92 Å². The Morgan fingerprint density at radius 1 is 1.00 bits per heavy atom. The maximum Gasteiger partial charge on any atom is 0.264 e. The smallest absolute Gasteiger partial charge is 0.264 e. The third-order valence-electron chi connectivity index (χ3n) is 5.84. The van der Waals surface area contributed by atoms with E-state index in [2.05, 4.69) is 5.32 Å². The Morgan fingerprint density at radius 2 is 1.74 bits per heavy atom. The van der Waals surface area contributed by atoms with Crippen LogP contribution in [0.5, 0.6) is 11.5 Å². The van der Waals surface area contributed by atoms with Crippen LogP contribution in [0.4, 0.5) is 5.69 Å². The average molecular weight is 489 g/mol. The van der Waals surface area contributed by atoms with Crippen LogP contribution in [0.1, 0.15) is 27.0 Å². The number of nitrogens with one attached hydrogen (secondary N) is 1. The number of aryl methyl sites for hydroxylation is 1. The molecule has 0 saturated carbocycles. The van der Waals surface area contributed by atoms with Crippen molar-refractivity contribution in [3.8, 4) is 11.5 Å². The van der Waals surface area contributed by atoms with Crippen molar-refractivity contribution < 1.29 is 19.1 Å². The van der Waals surface area contributed by atoms with E-state index >= 15 is 0 Å². The molecule has 1 aliphatic heterocycles. The van der Waals surface area contributed by atoms with Crippen LogP contribution in [0.3, 0.4) is 0 Å². The highest BCUT2D eigenvalue weighted by atomic mass is 32.2. The molecule has 0 atom stereocenters. The van der Waals surface area contributed by atoms with E-state index in [9.17, 15) is 9.59 Å². The summed E-state index contributed by atoms with van der Waals surface area (Å²) in [6.07, 6.45) is 2.55. The van der Waals surface area contributed by atoms with E-state index in [1.165, 1.54) is 17.3 Å². The first-order valence-corrected chi connectivity index (χ1v) is 12.1. The van der Waals surface area contributed by atoms with E-state index in [4.69, 9.17) is 9.47 Å². The molecule has 0 bridgehead atoms. The summed E-state index contributed by atoms with van der Waals surface area (Å²) in [5.74, 6) is 1.06. The number of thioether (sulfide) groups is 1. The number of amides is 2. The van der Waals surface area contributed by atoms with Gasteiger partial charge in [0.25, 0.3) is 11.8 Å². The fourth-order valence-corrected chi connectivity index (χ4v) is 4.90. The molecule has 0 aromatic heterocycles. The predicted octanol–water partition coefficient (Wildman–Crippen LogP) is 5.09. The standard InChI is InChI=1S/C28H28N2O4S/c1-18-5-7-19(8-6-18)16-26-28(32)30(2)22-17-21(10-12-25(22)35-26)27(31)29-14-13-20-9-11-23(33-3)24(15-20)34-4/h5-12,15-17H,13-14H2,1-4H3,(H,29,31). The Labute approximate surface area is 209 Å². The third kappa shape index (κ3) is 5.52. The molecular weight excluding hydrogens is 460 g/mol. The van der Waals surface area contributed by atoms with Gasteiger partial charge in [0, 0.05) is 24.1 Å². The molecule has 0 spiro atoms. The van der Waals surface area contributed by atoms with Crippen LogP contribution in [0.15, 0.2) is 70.5 Å². The second-order valence-corrected chi connectivity index (χ2v) is 9.35. The molecule has 2 amide bonds. The molecule has 3 aromatic carbocycles. The van der Waals surface area contributed by atoms with Gasteiger partial charge in [0.05, 0.1) is 24.8 Å². The monoisotopic (exact) mass is 488 g/mol. The Balaban J connectivity index is 1.43. The lowest BCUT2D eigenvalue weighted by molar-refractivity contribution is -0.114. The summed E-state index contributed by atoms with van der Waals surface area (Å²) in [5, 5.41) is 2.96. The van der Waals surface area contributed by atoms with Crippen LogP contribution < -0.4 is 19.7 Å². The zero-order valence-corrected chi connectivity index (χ0v) is 21.1. The lowest BCUT2D eigenvalue weighted by Gasteiger charge is -2.27. The average Bonchev–Trinajstić information content (AvgIpc) is 2.88. The summed E-state index contributed by atoms with van der Waals surface area (Å²) in [5.41, 5.74) is 4.43. The zero-order valence-electron chi connectivity index (χ0n) is 20.3. The molecule has 0 fully saturated rings. The van der Waals surface area contributed by atoms with Gasteiger partial charge in [0.2, 0.25) is 0 Å². The van der Waals surface area contributed by atoms with Crippen LogP contribution in [0.2, 0.25) is 0 Å². The van der Waals surface area contributed by atoms with Crippen molar-refractivity contribution in [1.29, 1.82) is 0 Å². The van der Waals surface area contributed by atoms with Crippen molar-refractivity contribution in [2.75, 3.05) is 32.7 Å². The maximum absolute atomic E-state index is 13.0. The van der Waals surface area contributed by atoms with Crippen molar-refractivity contribution in [1.82, 2.24) is 5.32 Å². The molecule has 7 heteroatoms. The molecule has 6 nitrogen and oxygen atoms in total. The molecular formula is C28H28N2O4S. The minimum Gasteiger partial charge on any atom is -0.493 e. The number of rotatable bonds is 7. The number of benzene rings is 3. The number of likely N-dealkylation sites (N-methyl/N-ethyl adjacent to an activating group) is 1. The Kier molecular flexibility index (Phi) is 7.46. The third-order valence-corrected chi connectivity index (χ3v) is 6.92. The molecule has 0 unspecified atom stereocenters. The van der Waals surface area contributed by atoms with E-state index in [-0.39, 0.29) is 11.8 Å². The largest absolute Gasteiger partial charge is 0.493 e. The van der Waals surface area contributed by atoms with Crippen molar-refractivity contribution >= 4 is 35.3 Å². The van der Waals surface area contributed by atoms with Gasteiger partial charge in [-0.2, -0.15) is 0 Å². The van der Waals surface area contributed by atoms with Gasteiger partial charge in [0.15, 0.2) is 11.5 Å². The van der Waals surface area contributed by atoms with Gasteiger partial charge in [-0.15, -0.1) is 0 Å². The Bertz CT molecular complexity index is 1280. The van der Waals surface area contributed by atoms with Crippen LogP contribution in [0.25, 0.3) is 6.08 Å². The normalized spacial score (nSPS) is 14.0. The number of nitrogens with zero attached hydrogens (tertiary/aromatic N) is 1. The Hall–Kier alpha value is -3.71. The molecule has 0 aliphatic carbocycles. The van der Waals surface area contributed by atoms with Gasteiger partial charge < -0.3 is 19.7 Å². The SMILES string of the molecule is COc1ccc(CCNC(=O)c2ccc3c(c2)N(C)C(=O)C(=Cc2ccc(C)cc2)S3)cc1OC. The summed E-state index contributed by atoms with van der Waals surface area (Å²) < 4.78 is 10.6. The molecule has 4 rings (SSSR count). The molecule has 0 radical (unpaired) electrons. The first kappa shape index (κ1) is 24.4. The van der Waals surface area contributed by atoms with E-state index < -0.39 is 0 Å². The summed E-state index contributed by atoms with van der Waals surface area (Å²) in [7, 11) is 4.93. The zero-order chi connectivity index (χ0) is 24.9. The highest BCUT2D eigenvalue weighted by Gasteiger charge is 2.27. The van der Waals surface area contributed by atoms with Gasteiger partial charge >= 0.3 is 0 Å². The van der Waals surface area contributed by atoms with Gasteiger partial charge in [0.1, 0.15) is 0 Å². The van der Waals surface area contributed by atoms with Gasteiger partial charge in [-0.05, 0) is 60.9 Å². The topological polar surface area (TPSA) is 67.9 Å². The first-order chi connectivity index (χ1) is 16.9. The number of carbonyl (C=O) groups is 2. The quantitative estimate of drug-likeness (QED) is 0.469. The Morgan fingerprint density at radius 3 is 2.46 bits per heavy atom. The van der Waals surface area contributed by atoms with E-state index in [0.29, 0.717) is 34.9 Å². The molecule has 0 saturated heterocycles. The molecule has 180 valence electrons. The molecule has 1 heterocycles. The highest BCUT2D eigenvalue weighted by Crippen LogP contribution is 2.42. The van der Waals surface area contributed by atoms with Crippen molar-refractivity contribution in [3.63, 3.8) is 0 Å². The number of hydrogen-bond acceptors (Lipinski definition) is 5. The minimum atomic E-state index is -0.180. The number of methoxy groups -OCH3 is 2. The maximum atomic E-state index is 13.0. The van der Waals surface area contributed by atoms with Gasteiger partial charge in [-0.3, -0.25) is 9.59 Å². The van der Waals surface area contributed by atoms with Crippen LogP contribution in [-0.4, -0.2) is 39.6 Å². The van der Waals surface area contributed by atoms with Gasteiger partial charge in [-0.1, -0.05) is 47.7 Å². The van der Waals surface area contributed by atoms with Crippen molar-refractivity contribution in [2.24, 2.45) is 0 Å².